The first-order valence-corrected chi connectivity index (χ1v) is 5.07. The monoisotopic (exact) mass is 254 g/mol. The van der Waals surface area contributed by atoms with E-state index in [2.05, 4.69) is 0 Å². The Hall–Kier alpha value is -2.17. The molecule has 5 heteroatoms. The van der Waals surface area contributed by atoms with Crippen molar-refractivity contribution in [3.05, 3.63) is 48.0 Å². The van der Waals surface area contributed by atoms with Crippen LogP contribution < -0.4 is 0 Å². The highest BCUT2D eigenvalue weighted by Crippen LogP contribution is 2.34. The number of phenols is 2. The Morgan fingerprint density at radius 1 is 0.778 bits per heavy atom. The fraction of sp³-hybridized carbons (Fsp3) is 0.0769. The molecule has 2 rings (SSSR count). The van der Waals surface area contributed by atoms with Crippen LogP contribution in [0.25, 0.3) is 11.1 Å². The zero-order chi connectivity index (χ0) is 13.3. The van der Waals surface area contributed by atoms with Gasteiger partial charge in [-0.1, -0.05) is 18.2 Å². The van der Waals surface area contributed by atoms with Gasteiger partial charge in [0.1, 0.15) is 0 Å². The third-order valence-electron chi connectivity index (χ3n) is 2.50. The van der Waals surface area contributed by atoms with Crippen molar-refractivity contribution in [1.29, 1.82) is 0 Å². The fourth-order valence-corrected chi connectivity index (χ4v) is 1.58. The Bertz CT molecular complexity index is 577. The first-order chi connectivity index (χ1) is 8.38. The summed E-state index contributed by atoms with van der Waals surface area (Å²) in [5.74, 6) is -0.685. The van der Waals surface area contributed by atoms with E-state index in [4.69, 9.17) is 5.11 Å². The summed E-state index contributed by atoms with van der Waals surface area (Å²) in [6.07, 6.45) is -4.41. The summed E-state index contributed by atoms with van der Waals surface area (Å²) >= 11 is 0. The van der Waals surface area contributed by atoms with Crippen molar-refractivity contribution in [2.45, 2.75) is 6.18 Å². The Kier molecular flexibility index (Phi) is 2.90. The highest BCUT2D eigenvalue weighted by atomic mass is 19.4. The van der Waals surface area contributed by atoms with Crippen LogP contribution in [0, 0.1) is 0 Å². The summed E-state index contributed by atoms with van der Waals surface area (Å²) in [7, 11) is 0. The molecule has 2 nitrogen and oxygen atoms in total. The highest BCUT2D eigenvalue weighted by Gasteiger charge is 2.30. The number of halogens is 3. The second kappa shape index (κ2) is 4.25. The summed E-state index contributed by atoms with van der Waals surface area (Å²) < 4.78 is 37.6. The van der Waals surface area contributed by atoms with Gasteiger partial charge in [-0.2, -0.15) is 13.2 Å². The summed E-state index contributed by atoms with van der Waals surface area (Å²) in [6, 6.07) is 8.64. The Balaban J connectivity index is 2.48. The van der Waals surface area contributed by atoms with Gasteiger partial charge in [-0.25, -0.2) is 0 Å². The minimum absolute atomic E-state index is 0.314. The number of aromatic hydroxyl groups is 2. The molecule has 0 aliphatic carbocycles. The van der Waals surface area contributed by atoms with Crippen molar-refractivity contribution in [2.75, 3.05) is 0 Å². The van der Waals surface area contributed by atoms with Gasteiger partial charge in [0.15, 0.2) is 11.5 Å². The van der Waals surface area contributed by atoms with E-state index in [-0.39, 0.29) is 11.5 Å². The standard InChI is InChI=1S/C13H9F3O2/c14-13(15,16)10-3-1-2-8(6-10)9-4-5-11(17)12(18)7-9/h1-7,17-18H. The van der Waals surface area contributed by atoms with Crippen LogP contribution in [-0.2, 0) is 6.18 Å². The average molecular weight is 254 g/mol. The van der Waals surface area contributed by atoms with E-state index in [9.17, 15) is 18.3 Å². The van der Waals surface area contributed by atoms with E-state index >= 15 is 0 Å². The van der Waals surface area contributed by atoms with E-state index in [0.717, 1.165) is 12.1 Å². The van der Waals surface area contributed by atoms with Gasteiger partial charge < -0.3 is 10.2 Å². The van der Waals surface area contributed by atoms with Crippen molar-refractivity contribution >= 4 is 0 Å². The molecule has 0 radical (unpaired) electrons. The lowest BCUT2D eigenvalue weighted by molar-refractivity contribution is -0.137. The zero-order valence-corrected chi connectivity index (χ0v) is 9.07. The third kappa shape index (κ3) is 2.40. The van der Waals surface area contributed by atoms with Gasteiger partial charge in [0.05, 0.1) is 5.56 Å². The predicted octanol–water partition coefficient (Wildman–Crippen LogP) is 3.78. The maximum absolute atomic E-state index is 12.5. The van der Waals surface area contributed by atoms with Gasteiger partial charge in [0.2, 0.25) is 0 Å². The van der Waals surface area contributed by atoms with Gasteiger partial charge in [-0.05, 0) is 35.4 Å². The maximum Gasteiger partial charge on any atom is 0.416 e. The molecule has 0 amide bonds. The van der Waals surface area contributed by atoms with Crippen molar-refractivity contribution in [3.63, 3.8) is 0 Å². The van der Waals surface area contributed by atoms with E-state index in [0.29, 0.717) is 11.1 Å². The highest BCUT2D eigenvalue weighted by molar-refractivity contribution is 5.67. The molecule has 94 valence electrons. The quantitative estimate of drug-likeness (QED) is 0.760. The summed E-state index contributed by atoms with van der Waals surface area (Å²) in [6.45, 7) is 0. The number of hydrogen-bond donors (Lipinski definition) is 2. The van der Waals surface area contributed by atoms with Crippen LogP contribution >= 0.6 is 0 Å². The Morgan fingerprint density at radius 2 is 1.44 bits per heavy atom. The lowest BCUT2D eigenvalue weighted by Gasteiger charge is -2.09. The molecule has 0 heterocycles. The molecular formula is C13H9F3O2. The summed E-state index contributed by atoms with van der Waals surface area (Å²) in [4.78, 5) is 0. The smallest absolute Gasteiger partial charge is 0.416 e. The largest absolute Gasteiger partial charge is 0.504 e. The van der Waals surface area contributed by atoms with Crippen LogP contribution in [0.5, 0.6) is 11.5 Å². The van der Waals surface area contributed by atoms with Crippen LogP contribution in [0.2, 0.25) is 0 Å². The Labute approximate surface area is 101 Å². The lowest BCUT2D eigenvalue weighted by Crippen LogP contribution is -2.04. The van der Waals surface area contributed by atoms with Gasteiger partial charge in [-0.3, -0.25) is 0 Å². The zero-order valence-electron chi connectivity index (χ0n) is 9.07. The molecular weight excluding hydrogens is 245 g/mol. The van der Waals surface area contributed by atoms with Crippen LogP contribution in [0.4, 0.5) is 13.2 Å². The SMILES string of the molecule is Oc1ccc(-c2cccc(C(F)(F)F)c2)cc1O. The molecule has 2 N–H and O–H groups in total. The number of phenolic OH excluding ortho intramolecular Hbond substituents is 2. The van der Waals surface area contributed by atoms with Crippen molar-refractivity contribution in [3.8, 4) is 22.6 Å². The molecule has 0 fully saturated rings. The number of rotatable bonds is 1. The van der Waals surface area contributed by atoms with Gasteiger partial charge in [0.25, 0.3) is 0 Å². The van der Waals surface area contributed by atoms with Crippen LogP contribution in [0.1, 0.15) is 5.56 Å². The van der Waals surface area contributed by atoms with Crippen LogP contribution in [0.3, 0.4) is 0 Å². The van der Waals surface area contributed by atoms with E-state index in [1.54, 1.807) is 0 Å². The lowest BCUT2D eigenvalue weighted by atomic mass is 10.0. The second-order valence-electron chi connectivity index (χ2n) is 3.78. The number of benzene rings is 2. The molecule has 0 saturated carbocycles. The predicted molar refractivity (Wildman–Crippen MR) is 60.2 cm³/mol. The van der Waals surface area contributed by atoms with E-state index in [1.165, 1.54) is 30.3 Å². The van der Waals surface area contributed by atoms with Gasteiger partial charge >= 0.3 is 6.18 Å². The molecule has 0 bridgehead atoms. The molecule has 0 aliphatic rings. The van der Waals surface area contributed by atoms with Gasteiger partial charge in [0, 0.05) is 0 Å². The fourth-order valence-electron chi connectivity index (χ4n) is 1.58. The summed E-state index contributed by atoms with van der Waals surface area (Å²) in [5.41, 5.74) is -0.0379. The molecule has 0 unspecified atom stereocenters. The molecule has 2 aromatic carbocycles. The van der Waals surface area contributed by atoms with E-state index < -0.39 is 11.7 Å². The molecule has 0 aliphatic heterocycles. The Morgan fingerprint density at radius 3 is 2.06 bits per heavy atom. The third-order valence-corrected chi connectivity index (χ3v) is 2.50. The second-order valence-corrected chi connectivity index (χ2v) is 3.78. The number of hydrogen-bond acceptors (Lipinski definition) is 2. The first kappa shape index (κ1) is 12.3. The molecule has 0 spiro atoms. The minimum Gasteiger partial charge on any atom is -0.504 e. The molecule has 0 saturated heterocycles. The topological polar surface area (TPSA) is 40.5 Å². The van der Waals surface area contributed by atoms with E-state index in [1.807, 2.05) is 0 Å². The van der Waals surface area contributed by atoms with Gasteiger partial charge in [-0.15, -0.1) is 0 Å². The summed E-state index contributed by atoms with van der Waals surface area (Å²) in [5, 5.41) is 18.5. The van der Waals surface area contributed by atoms with Crippen LogP contribution in [0.15, 0.2) is 42.5 Å². The molecule has 0 atom stereocenters. The number of alkyl halides is 3. The average Bonchev–Trinajstić information content (AvgIpc) is 2.32. The molecule has 0 aromatic heterocycles. The van der Waals surface area contributed by atoms with Crippen molar-refractivity contribution in [1.82, 2.24) is 0 Å². The molecule has 18 heavy (non-hydrogen) atoms. The van der Waals surface area contributed by atoms with Crippen molar-refractivity contribution in [2.24, 2.45) is 0 Å². The minimum atomic E-state index is -4.41. The molecule has 2 aromatic rings. The van der Waals surface area contributed by atoms with Crippen molar-refractivity contribution < 1.29 is 23.4 Å². The maximum atomic E-state index is 12.5. The first-order valence-electron chi connectivity index (χ1n) is 5.07. The van der Waals surface area contributed by atoms with Crippen LogP contribution in [-0.4, -0.2) is 10.2 Å². The normalized spacial score (nSPS) is 11.5.